The molecule has 2 N–H and O–H groups in total. The first-order valence-electron chi connectivity index (χ1n) is 6.36. The highest BCUT2D eigenvalue weighted by Crippen LogP contribution is 2.27. The van der Waals surface area contributed by atoms with Crippen molar-refractivity contribution < 1.29 is 19.5 Å². The Labute approximate surface area is 121 Å². The summed E-state index contributed by atoms with van der Waals surface area (Å²) < 4.78 is 1.54. The minimum absolute atomic E-state index is 0.0137. The Morgan fingerprint density at radius 2 is 2.14 bits per heavy atom. The van der Waals surface area contributed by atoms with Crippen LogP contribution in [0.2, 0.25) is 0 Å². The van der Waals surface area contributed by atoms with Gasteiger partial charge in [0.2, 0.25) is 11.8 Å². The van der Waals surface area contributed by atoms with E-state index >= 15 is 0 Å². The van der Waals surface area contributed by atoms with Gasteiger partial charge in [0.1, 0.15) is 11.9 Å². The molecule has 8 heteroatoms. The molecule has 1 saturated heterocycles. The van der Waals surface area contributed by atoms with Crippen molar-refractivity contribution in [3.63, 3.8) is 0 Å². The number of piperazine rings is 1. The number of carboxylic acids is 1. The zero-order valence-electron chi connectivity index (χ0n) is 12.0. The number of hydrogen-bond acceptors (Lipinski definition) is 5. The van der Waals surface area contributed by atoms with Gasteiger partial charge in [0.05, 0.1) is 12.2 Å². The van der Waals surface area contributed by atoms with Crippen LogP contribution in [0.25, 0.3) is 6.08 Å². The van der Waals surface area contributed by atoms with Gasteiger partial charge in [0.15, 0.2) is 0 Å². The SMILES string of the molecule is Cc1nn(C)c(N2CC(=O)NC(=O)C2C)c1C=CC(=O)O. The fraction of sp³-hybridized carbons (Fsp3) is 0.385. The van der Waals surface area contributed by atoms with E-state index in [0.29, 0.717) is 17.1 Å². The van der Waals surface area contributed by atoms with Crippen molar-refractivity contribution in [2.24, 2.45) is 7.05 Å². The number of aromatic nitrogens is 2. The maximum atomic E-state index is 11.8. The fourth-order valence-electron chi connectivity index (χ4n) is 2.33. The summed E-state index contributed by atoms with van der Waals surface area (Å²) in [5.41, 5.74) is 1.20. The number of hydrogen-bond donors (Lipinski definition) is 2. The minimum Gasteiger partial charge on any atom is -0.478 e. The van der Waals surface area contributed by atoms with Gasteiger partial charge in [-0.1, -0.05) is 0 Å². The van der Waals surface area contributed by atoms with Crippen LogP contribution in [0.5, 0.6) is 0 Å². The molecule has 1 atom stereocenters. The molecule has 2 rings (SSSR count). The van der Waals surface area contributed by atoms with Crippen LogP contribution in [-0.4, -0.2) is 45.3 Å². The maximum Gasteiger partial charge on any atom is 0.328 e. The Morgan fingerprint density at radius 1 is 1.48 bits per heavy atom. The summed E-state index contributed by atoms with van der Waals surface area (Å²) in [5.74, 6) is -1.33. The smallest absolute Gasteiger partial charge is 0.328 e. The zero-order chi connectivity index (χ0) is 15.7. The second-order valence-corrected chi connectivity index (χ2v) is 4.83. The quantitative estimate of drug-likeness (QED) is 0.584. The van der Waals surface area contributed by atoms with Crippen LogP contribution in [-0.2, 0) is 21.4 Å². The lowest BCUT2D eigenvalue weighted by Gasteiger charge is -2.33. The van der Waals surface area contributed by atoms with E-state index in [1.54, 1.807) is 30.5 Å². The van der Waals surface area contributed by atoms with E-state index in [2.05, 4.69) is 10.4 Å². The third kappa shape index (κ3) is 2.78. The van der Waals surface area contributed by atoms with Gasteiger partial charge in [0, 0.05) is 18.7 Å². The number of anilines is 1. The molecule has 2 amide bonds. The predicted molar refractivity (Wildman–Crippen MR) is 74.6 cm³/mol. The lowest BCUT2D eigenvalue weighted by molar-refractivity contribution is -0.133. The maximum absolute atomic E-state index is 11.8. The van der Waals surface area contributed by atoms with Crippen molar-refractivity contribution in [3.8, 4) is 0 Å². The molecule has 0 aromatic carbocycles. The van der Waals surface area contributed by atoms with Crippen LogP contribution >= 0.6 is 0 Å². The number of nitrogens with zero attached hydrogens (tertiary/aromatic N) is 3. The van der Waals surface area contributed by atoms with E-state index in [1.807, 2.05) is 0 Å². The van der Waals surface area contributed by atoms with Crippen molar-refractivity contribution >= 4 is 29.7 Å². The van der Waals surface area contributed by atoms with Crippen LogP contribution in [0.4, 0.5) is 5.82 Å². The van der Waals surface area contributed by atoms with E-state index in [0.717, 1.165) is 6.08 Å². The number of nitrogens with one attached hydrogen (secondary N) is 1. The Kier molecular flexibility index (Phi) is 3.79. The summed E-state index contributed by atoms with van der Waals surface area (Å²) in [6.07, 6.45) is 2.42. The molecule has 0 bridgehead atoms. The van der Waals surface area contributed by atoms with Crippen molar-refractivity contribution in [1.29, 1.82) is 0 Å². The fourth-order valence-corrected chi connectivity index (χ4v) is 2.33. The van der Waals surface area contributed by atoms with E-state index in [-0.39, 0.29) is 6.54 Å². The van der Waals surface area contributed by atoms with Crippen molar-refractivity contribution in [3.05, 3.63) is 17.3 Å². The minimum atomic E-state index is -1.08. The van der Waals surface area contributed by atoms with Crippen LogP contribution in [0.3, 0.4) is 0 Å². The third-order valence-electron chi connectivity index (χ3n) is 3.33. The topological polar surface area (TPSA) is 105 Å². The molecule has 112 valence electrons. The summed E-state index contributed by atoms with van der Waals surface area (Å²) in [6.45, 7) is 3.43. The standard InChI is InChI=1S/C13H16N4O4/c1-7-9(4-5-11(19)20)13(16(3)15-7)17-6-10(18)14-12(21)8(17)2/h4-5,8H,6H2,1-3H3,(H,19,20)(H,14,18,21). The zero-order valence-corrected chi connectivity index (χ0v) is 12.0. The van der Waals surface area contributed by atoms with E-state index in [4.69, 9.17) is 5.11 Å². The highest BCUT2D eigenvalue weighted by Gasteiger charge is 2.33. The first-order chi connectivity index (χ1) is 9.81. The number of rotatable bonds is 3. The van der Waals surface area contributed by atoms with Crippen LogP contribution in [0, 0.1) is 6.92 Å². The number of imide groups is 1. The highest BCUT2D eigenvalue weighted by molar-refractivity contribution is 6.04. The average molecular weight is 292 g/mol. The summed E-state index contributed by atoms with van der Waals surface area (Å²) >= 11 is 0. The van der Waals surface area contributed by atoms with Gasteiger partial charge in [-0.05, 0) is 19.9 Å². The molecular weight excluding hydrogens is 276 g/mol. The molecular formula is C13H16N4O4. The highest BCUT2D eigenvalue weighted by atomic mass is 16.4. The number of amides is 2. The average Bonchev–Trinajstić information content (AvgIpc) is 2.65. The molecule has 0 spiro atoms. The number of aliphatic carboxylic acids is 1. The predicted octanol–water partition coefficient (Wildman–Crippen LogP) is -0.322. The van der Waals surface area contributed by atoms with Gasteiger partial charge in [-0.25, -0.2) is 4.79 Å². The number of carbonyl (C=O) groups excluding carboxylic acids is 2. The molecule has 1 fully saturated rings. The molecule has 1 aliphatic heterocycles. The Bertz CT molecular complexity index is 647. The molecule has 8 nitrogen and oxygen atoms in total. The summed E-state index contributed by atoms with van der Waals surface area (Å²) in [6, 6.07) is -0.547. The first kappa shape index (κ1) is 14.8. The monoisotopic (exact) mass is 292 g/mol. The molecule has 1 aromatic heterocycles. The van der Waals surface area contributed by atoms with Gasteiger partial charge in [0.25, 0.3) is 0 Å². The van der Waals surface area contributed by atoms with Gasteiger partial charge in [-0.3, -0.25) is 19.6 Å². The van der Waals surface area contributed by atoms with E-state index in [9.17, 15) is 14.4 Å². The molecule has 0 radical (unpaired) electrons. The number of aryl methyl sites for hydroxylation is 2. The first-order valence-corrected chi connectivity index (χ1v) is 6.36. The van der Waals surface area contributed by atoms with Crippen molar-refractivity contribution in [2.45, 2.75) is 19.9 Å². The van der Waals surface area contributed by atoms with E-state index < -0.39 is 23.8 Å². The summed E-state index contributed by atoms with van der Waals surface area (Å²) in [4.78, 5) is 35.7. The van der Waals surface area contributed by atoms with Gasteiger partial charge >= 0.3 is 5.97 Å². The molecule has 0 saturated carbocycles. The van der Waals surface area contributed by atoms with Crippen LogP contribution < -0.4 is 10.2 Å². The normalized spacial score (nSPS) is 19.2. The molecule has 21 heavy (non-hydrogen) atoms. The van der Waals surface area contributed by atoms with Crippen LogP contribution in [0.1, 0.15) is 18.2 Å². The molecule has 1 aromatic rings. The van der Waals surface area contributed by atoms with Gasteiger partial charge < -0.3 is 10.0 Å². The van der Waals surface area contributed by atoms with Crippen molar-refractivity contribution in [1.82, 2.24) is 15.1 Å². The van der Waals surface area contributed by atoms with Crippen LogP contribution in [0.15, 0.2) is 6.08 Å². The molecule has 1 unspecified atom stereocenters. The summed E-state index contributed by atoms with van der Waals surface area (Å²) in [7, 11) is 1.68. The third-order valence-corrected chi connectivity index (χ3v) is 3.33. The van der Waals surface area contributed by atoms with Crippen molar-refractivity contribution in [2.75, 3.05) is 11.4 Å². The number of carbonyl (C=O) groups is 3. The molecule has 2 heterocycles. The van der Waals surface area contributed by atoms with Gasteiger partial charge in [-0.2, -0.15) is 5.10 Å². The van der Waals surface area contributed by atoms with E-state index in [1.165, 1.54) is 6.08 Å². The Morgan fingerprint density at radius 3 is 2.76 bits per heavy atom. The largest absolute Gasteiger partial charge is 0.478 e. The number of carboxylic acid groups (broad SMARTS) is 1. The lowest BCUT2D eigenvalue weighted by atomic mass is 10.1. The Hall–Kier alpha value is -2.64. The van der Waals surface area contributed by atoms with Gasteiger partial charge in [-0.15, -0.1) is 0 Å². The summed E-state index contributed by atoms with van der Waals surface area (Å²) in [5, 5.41) is 15.3. The second kappa shape index (κ2) is 5.39. The Balaban J connectivity index is 2.49. The molecule has 0 aliphatic carbocycles. The lowest BCUT2D eigenvalue weighted by Crippen LogP contribution is -2.57. The molecule has 1 aliphatic rings. The second-order valence-electron chi connectivity index (χ2n) is 4.83.